The van der Waals surface area contributed by atoms with Crippen LogP contribution in [0.1, 0.15) is 5.69 Å². The molecule has 3 rings (SSSR count). The first-order chi connectivity index (χ1) is 13.4. The number of hydrogen-bond acceptors (Lipinski definition) is 6. The zero-order chi connectivity index (χ0) is 20.3. The Labute approximate surface area is 157 Å². The Kier molecular flexibility index (Phi) is 5.62. The number of carbonyl (C=O) groups is 2. The van der Waals surface area contributed by atoms with Crippen molar-refractivity contribution in [3.63, 3.8) is 0 Å². The lowest BCUT2D eigenvalue weighted by Gasteiger charge is -2.13. The van der Waals surface area contributed by atoms with E-state index >= 15 is 0 Å². The average molecular weight is 396 g/mol. The van der Waals surface area contributed by atoms with Crippen molar-refractivity contribution in [1.82, 2.24) is 20.2 Å². The quantitative estimate of drug-likeness (QED) is 0.802. The Morgan fingerprint density at radius 3 is 2.93 bits per heavy atom. The second-order valence-corrected chi connectivity index (χ2v) is 5.79. The van der Waals surface area contributed by atoms with Gasteiger partial charge in [-0.2, -0.15) is 8.78 Å². The molecule has 2 aromatic rings. The van der Waals surface area contributed by atoms with Gasteiger partial charge in [0.15, 0.2) is 17.7 Å². The molecule has 1 fully saturated rings. The first kappa shape index (κ1) is 19.4. The van der Waals surface area contributed by atoms with Crippen molar-refractivity contribution in [3.05, 3.63) is 42.1 Å². The number of nitrogens with zero attached hydrogens (tertiary/aromatic N) is 3. The van der Waals surface area contributed by atoms with Gasteiger partial charge in [0.2, 0.25) is 0 Å². The number of ether oxygens (including phenoxy) is 2. The van der Waals surface area contributed by atoms with E-state index in [4.69, 9.17) is 4.74 Å². The molecule has 2 amide bonds. The molecule has 0 radical (unpaired) electrons. The number of rotatable bonds is 6. The molecule has 0 spiro atoms. The van der Waals surface area contributed by atoms with Crippen LogP contribution in [0.5, 0.6) is 5.75 Å². The lowest BCUT2D eigenvalue weighted by Crippen LogP contribution is -2.35. The number of alkyl halides is 2. The summed E-state index contributed by atoms with van der Waals surface area (Å²) >= 11 is 0. The summed E-state index contributed by atoms with van der Waals surface area (Å²) < 4.78 is 47.5. The van der Waals surface area contributed by atoms with Crippen LogP contribution in [0.2, 0.25) is 0 Å². The monoisotopic (exact) mass is 396 g/mol. The molecule has 1 saturated heterocycles. The van der Waals surface area contributed by atoms with Crippen LogP contribution in [0.4, 0.5) is 18.0 Å². The standard InChI is InChI=1S/C17H15F3N4O4/c1-21-15(25)14-8-24(17(26)28-14)7-10-5-22-6-12(23-10)9-2-3-11(18)13(4-9)27-16(19)20/h2-6,14,16H,7-8H2,1H3,(H,21,25)/t14-/m1/s1. The van der Waals surface area contributed by atoms with Gasteiger partial charge in [0.25, 0.3) is 5.91 Å². The van der Waals surface area contributed by atoms with Crippen molar-refractivity contribution >= 4 is 12.0 Å². The van der Waals surface area contributed by atoms with Crippen LogP contribution >= 0.6 is 0 Å². The van der Waals surface area contributed by atoms with Crippen LogP contribution in [0.25, 0.3) is 11.3 Å². The van der Waals surface area contributed by atoms with Crippen LogP contribution in [-0.4, -0.2) is 53.2 Å². The first-order valence-corrected chi connectivity index (χ1v) is 8.10. The number of halogens is 3. The van der Waals surface area contributed by atoms with Crippen molar-refractivity contribution in [3.8, 4) is 17.0 Å². The van der Waals surface area contributed by atoms with Crippen molar-refractivity contribution in [1.29, 1.82) is 0 Å². The van der Waals surface area contributed by atoms with Gasteiger partial charge >= 0.3 is 12.7 Å². The third-order valence-corrected chi connectivity index (χ3v) is 3.91. The van der Waals surface area contributed by atoms with E-state index < -0.39 is 36.3 Å². The smallest absolute Gasteiger partial charge is 0.411 e. The summed E-state index contributed by atoms with van der Waals surface area (Å²) in [7, 11) is 1.43. The third-order valence-electron chi connectivity index (χ3n) is 3.91. The fourth-order valence-corrected chi connectivity index (χ4v) is 2.60. The molecule has 8 nitrogen and oxygen atoms in total. The normalized spacial score (nSPS) is 16.2. The number of nitrogens with one attached hydrogen (secondary N) is 1. The van der Waals surface area contributed by atoms with E-state index in [0.717, 1.165) is 12.1 Å². The molecule has 11 heteroatoms. The molecule has 0 saturated carbocycles. The topological polar surface area (TPSA) is 93.7 Å². The van der Waals surface area contributed by atoms with Gasteiger partial charge < -0.3 is 14.8 Å². The summed E-state index contributed by atoms with van der Waals surface area (Å²) in [6, 6.07) is 3.40. The van der Waals surface area contributed by atoms with Crippen molar-refractivity contribution < 1.29 is 32.2 Å². The number of hydrogen-bond donors (Lipinski definition) is 1. The Balaban J connectivity index is 1.78. The maximum atomic E-state index is 13.6. The van der Waals surface area contributed by atoms with E-state index in [0.29, 0.717) is 11.3 Å². The summed E-state index contributed by atoms with van der Waals surface area (Å²) in [5.74, 6) is -1.97. The van der Waals surface area contributed by atoms with Crippen LogP contribution < -0.4 is 10.1 Å². The SMILES string of the molecule is CNC(=O)[C@H]1CN(Cc2cncc(-c3ccc(F)c(OC(F)F)c3)n2)C(=O)O1. The second kappa shape index (κ2) is 8.11. The van der Waals surface area contributed by atoms with Crippen LogP contribution in [0.15, 0.2) is 30.6 Å². The molecule has 0 aliphatic carbocycles. The second-order valence-electron chi connectivity index (χ2n) is 5.79. The highest BCUT2D eigenvalue weighted by Gasteiger charge is 2.35. The fraction of sp³-hybridized carbons (Fsp3) is 0.294. The highest BCUT2D eigenvalue weighted by Crippen LogP contribution is 2.26. The molecule has 2 heterocycles. The summed E-state index contributed by atoms with van der Waals surface area (Å²) in [6.45, 7) is -3.10. The third kappa shape index (κ3) is 4.30. The predicted molar refractivity (Wildman–Crippen MR) is 88.8 cm³/mol. The summed E-state index contributed by atoms with van der Waals surface area (Å²) in [6.07, 6.45) is 1.18. The molecule has 1 aromatic heterocycles. The Hall–Kier alpha value is -3.37. The van der Waals surface area contributed by atoms with Crippen molar-refractivity contribution in [2.24, 2.45) is 0 Å². The van der Waals surface area contributed by atoms with Gasteiger partial charge in [0.1, 0.15) is 0 Å². The molecule has 1 aliphatic heterocycles. The van der Waals surface area contributed by atoms with E-state index in [1.807, 2.05) is 0 Å². The zero-order valence-corrected chi connectivity index (χ0v) is 14.6. The molecule has 1 aliphatic rings. The summed E-state index contributed by atoms with van der Waals surface area (Å²) in [5, 5.41) is 2.40. The van der Waals surface area contributed by atoms with Gasteiger partial charge in [-0.25, -0.2) is 14.2 Å². The maximum absolute atomic E-state index is 13.6. The maximum Gasteiger partial charge on any atom is 0.411 e. The van der Waals surface area contributed by atoms with Gasteiger partial charge in [-0.05, 0) is 18.2 Å². The van der Waals surface area contributed by atoms with Crippen molar-refractivity contribution in [2.75, 3.05) is 13.6 Å². The molecule has 1 N–H and O–H groups in total. The number of carbonyl (C=O) groups excluding carboxylic acids is 2. The Morgan fingerprint density at radius 2 is 2.21 bits per heavy atom. The lowest BCUT2D eigenvalue weighted by atomic mass is 10.1. The molecule has 1 atom stereocenters. The molecule has 1 aromatic carbocycles. The van der Waals surface area contributed by atoms with E-state index in [1.165, 1.54) is 30.4 Å². The summed E-state index contributed by atoms with van der Waals surface area (Å²) in [5.41, 5.74) is 0.943. The largest absolute Gasteiger partial charge is 0.434 e. The number of aromatic nitrogens is 2. The number of cyclic esters (lactones) is 1. The molecule has 0 bridgehead atoms. The van der Waals surface area contributed by atoms with Gasteiger partial charge in [-0.3, -0.25) is 14.7 Å². The van der Waals surface area contributed by atoms with E-state index in [9.17, 15) is 22.8 Å². The van der Waals surface area contributed by atoms with E-state index in [1.54, 1.807) is 0 Å². The lowest BCUT2D eigenvalue weighted by molar-refractivity contribution is -0.127. The average Bonchev–Trinajstić information content (AvgIpc) is 3.03. The van der Waals surface area contributed by atoms with Crippen LogP contribution in [0, 0.1) is 5.82 Å². The van der Waals surface area contributed by atoms with Gasteiger partial charge in [0, 0.05) is 12.6 Å². The van der Waals surface area contributed by atoms with Gasteiger partial charge in [-0.1, -0.05) is 0 Å². The van der Waals surface area contributed by atoms with Crippen molar-refractivity contribution in [2.45, 2.75) is 19.3 Å². The minimum atomic E-state index is -3.17. The number of benzene rings is 1. The molecular weight excluding hydrogens is 381 g/mol. The Bertz CT molecular complexity index is 896. The van der Waals surface area contributed by atoms with E-state index in [2.05, 4.69) is 20.0 Å². The highest BCUT2D eigenvalue weighted by molar-refractivity contribution is 5.86. The van der Waals surface area contributed by atoms with Crippen LogP contribution in [-0.2, 0) is 16.1 Å². The minimum absolute atomic E-state index is 0.0226. The molecular formula is C17H15F3N4O4. The number of likely N-dealkylation sites (N-methyl/N-ethyl adjacent to an activating group) is 1. The highest BCUT2D eigenvalue weighted by atomic mass is 19.3. The fourth-order valence-electron chi connectivity index (χ4n) is 2.60. The van der Waals surface area contributed by atoms with Crippen LogP contribution in [0.3, 0.4) is 0 Å². The predicted octanol–water partition coefficient (Wildman–Crippen LogP) is 1.95. The molecule has 148 valence electrons. The summed E-state index contributed by atoms with van der Waals surface area (Å²) in [4.78, 5) is 33.1. The minimum Gasteiger partial charge on any atom is -0.434 e. The van der Waals surface area contributed by atoms with Gasteiger partial charge in [-0.15, -0.1) is 0 Å². The van der Waals surface area contributed by atoms with E-state index in [-0.39, 0.29) is 18.8 Å². The zero-order valence-electron chi connectivity index (χ0n) is 14.6. The van der Waals surface area contributed by atoms with Gasteiger partial charge in [0.05, 0.1) is 36.9 Å². The molecule has 28 heavy (non-hydrogen) atoms. The Morgan fingerprint density at radius 1 is 1.43 bits per heavy atom. The first-order valence-electron chi connectivity index (χ1n) is 8.10. The molecule has 0 unspecified atom stereocenters. The number of amides is 2.